The van der Waals surface area contributed by atoms with Crippen LogP contribution in [0.5, 0.6) is 0 Å². The molecule has 0 saturated carbocycles. The standard InChI is InChI=1S/C28H35N5O6/c1-17(15-21(33-26(30)31-2)18-10-12-32-22(29)16-18)9-11-27-23(35)19-7-3-4-8-20(19)24(36)28(27,39-27)25(37)38-14-6-5-13-34/h3-4,7-10,16,21,32,34H,5-6,11-15,29H2,1-2H3,(H3,30,31,33)/b17-9+/t21-,27-,28-/m0/s1. The summed E-state index contributed by atoms with van der Waals surface area (Å²) in [6.07, 6.45) is 6.98. The molecule has 11 heteroatoms. The third-order valence-corrected chi connectivity index (χ3v) is 7.23. The van der Waals surface area contributed by atoms with E-state index in [1.54, 1.807) is 25.2 Å². The minimum Gasteiger partial charge on any atom is -0.463 e. The Hall–Kier alpha value is -3.96. The van der Waals surface area contributed by atoms with Crippen molar-refractivity contribution in [2.45, 2.75) is 49.9 Å². The fraction of sp³-hybridized carbons (Fsp3) is 0.429. The molecule has 2 aliphatic heterocycles. The zero-order valence-electron chi connectivity index (χ0n) is 22.2. The Morgan fingerprint density at radius 2 is 2.00 bits per heavy atom. The lowest BCUT2D eigenvalue weighted by Crippen LogP contribution is -2.50. The van der Waals surface area contributed by atoms with Crippen LogP contribution >= 0.6 is 0 Å². The van der Waals surface area contributed by atoms with Crippen LogP contribution in [0.25, 0.3) is 0 Å². The number of fused-ring (bicyclic) bond motifs is 2. The number of carbonyl (C=O) groups is 3. The Bertz CT molecular complexity index is 1280. The molecule has 1 fully saturated rings. The van der Waals surface area contributed by atoms with Crippen LogP contribution in [-0.4, -0.2) is 72.7 Å². The van der Waals surface area contributed by atoms with E-state index in [4.69, 9.17) is 26.0 Å². The summed E-state index contributed by atoms with van der Waals surface area (Å²) < 4.78 is 11.2. The van der Waals surface area contributed by atoms with Gasteiger partial charge in [-0.05, 0) is 37.8 Å². The van der Waals surface area contributed by atoms with Crippen LogP contribution in [0.4, 0.5) is 0 Å². The number of nitrogens with two attached hydrogens (primary N) is 2. The lowest BCUT2D eigenvalue weighted by Gasteiger charge is -2.25. The third kappa shape index (κ3) is 5.19. The van der Waals surface area contributed by atoms with Crippen molar-refractivity contribution in [1.82, 2.24) is 10.6 Å². The summed E-state index contributed by atoms with van der Waals surface area (Å²) in [6.45, 7) is 2.42. The zero-order chi connectivity index (χ0) is 28.2. The van der Waals surface area contributed by atoms with Crippen molar-refractivity contribution in [3.63, 3.8) is 0 Å². The number of nitrogens with one attached hydrogen (secondary N) is 2. The Morgan fingerprint density at radius 1 is 1.28 bits per heavy atom. The van der Waals surface area contributed by atoms with Crippen LogP contribution in [0.1, 0.15) is 53.3 Å². The van der Waals surface area contributed by atoms with E-state index in [0.717, 1.165) is 11.1 Å². The van der Waals surface area contributed by atoms with Crippen molar-refractivity contribution in [3.8, 4) is 0 Å². The molecule has 1 aromatic carbocycles. The van der Waals surface area contributed by atoms with Gasteiger partial charge in [-0.1, -0.05) is 42.0 Å². The number of guanidine groups is 1. The Balaban J connectivity index is 1.60. The fourth-order valence-electron chi connectivity index (χ4n) is 5.05. The summed E-state index contributed by atoms with van der Waals surface area (Å²) in [7, 11) is 1.58. The first-order valence-electron chi connectivity index (χ1n) is 12.9. The Morgan fingerprint density at radius 3 is 2.67 bits per heavy atom. The molecular formula is C28H35N5O6. The number of ether oxygens (including phenoxy) is 2. The first-order chi connectivity index (χ1) is 18.7. The zero-order valence-corrected chi connectivity index (χ0v) is 22.2. The molecule has 3 aliphatic rings. The number of rotatable bonds is 11. The second kappa shape index (κ2) is 11.4. The van der Waals surface area contributed by atoms with Gasteiger partial charge in [0.05, 0.1) is 18.5 Å². The molecule has 0 aromatic heterocycles. The van der Waals surface area contributed by atoms with E-state index in [-0.39, 0.29) is 42.8 Å². The van der Waals surface area contributed by atoms with E-state index < -0.39 is 28.7 Å². The molecule has 0 amide bonds. The first kappa shape index (κ1) is 28.1. The number of aliphatic imine (C=N–C) groups is 1. The van der Waals surface area contributed by atoms with Crippen LogP contribution in [0.15, 0.2) is 64.5 Å². The third-order valence-electron chi connectivity index (χ3n) is 7.23. The maximum atomic E-state index is 13.7. The molecule has 0 unspecified atom stereocenters. The van der Waals surface area contributed by atoms with Gasteiger partial charge in [-0.2, -0.15) is 0 Å². The number of hydrogen-bond donors (Lipinski definition) is 5. The molecule has 39 heavy (non-hydrogen) atoms. The number of aliphatic hydroxyl groups excluding tert-OH is 1. The van der Waals surface area contributed by atoms with Gasteiger partial charge < -0.3 is 36.7 Å². The molecule has 0 bridgehead atoms. The highest BCUT2D eigenvalue weighted by molar-refractivity contribution is 6.32. The Kier molecular flexibility index (Phi) is 8.22. The topological polar surface area (TPSA) is 182 Å². The number of esters is 1. The first-order valence-corrected chi connectivity index (χ1v) is 12.9. The molecule has 3 atom stereocenters. The van der Waals surface area contributed by atoms with E-state index in [1.807, 2.05) is 25.2 Å². The number of carbonyl (C=O) groups excluding carboxylic acids is 3. The molecule has 2 heterocycles. The van der Waals surface area contributed by atoms with Gasteiger partial charge in [0.15, 0.2) is 17.3 Å². The van der Waals surface area contributed by atoms with E-state index in [9.17, 15) is 14.4 Å². The van der Waals surface area contributed by atoms with Crippen molar-refractivity contribution in [2.75, 3.05) is 26.8 Å². The SMILES string of the molecule is CN=C(N)N[C@@H](C/C(C)=C/C[C@@]12O[C@]1(C(=O)OCCCCO)C(=O)c1ccccc1C2=O)C1=CCNC(N)=C1. The Labute approximate surface area is 227 Å². The summed E-state index contributed by atoms with van der Waals surface area (Å²) in [5.41, 5.74) is 10.4. The minimum absolute atomic E-state index is 0.00608. The molecule has 1 aromatic rings. The van der Waals surface area contributed by atoms with Crippen LogP contribution in [-0.2, 0) is 14.3 Å². The number of dihydropyridines is 1. The van der Waals surface area contributed by atoms with Gasteiger partial charge in [0.25, 0.3) is 5.60 Å². The minimum atomic E-state index is -2.03. The number of epoxide rings is 1. The van der Waals surface area contributed by atoms with Crippen LogP contribution in [0, 0.1) is 0 Å². The number of benzene rings is 1. The molecule has 11 nitrogen and oxygen atoms in total. The van der Waals surface area contributed by atoms with E-state index >= 15 is 0 Å². The smallest absolute Gasteiger partial charge is 0.350 e. The highest BCUT2D eigenvalue weighted by atomic mass is 16.7. The molecule has 0 spiro atoms. The summed E-state index contributed by atoms with van der Waals surface area (Å²) in [4.78, 5) is 44.5. The van der Waals surface area contributed by atoms with Gasteiger partial charge in [-0.3, -0.25) is 14.6 Å². The fourth-order valence-corrected chi connectivity index (χ4v) is 5.05. The van der Waals surface area contributed by atoms with Crippen molar-refractivity contribution in [2.24, 2.45) is 16.5 Å². The predicted molar refractivity (Wildman–Crippen MR) is 145 cm³/mol. The van der Waals surface area contributed by atoms with E-state index in [0.29, 0.717) is 31.6 Å². The number of ketones is 2. The second-order valence-electron chi connectivity index (χ2n) is 9.83. The number of aliphatic hydroxyl groups is 1. The summed E-state index contributed by atoms with van der Waals surface area (Å²) >= 11 is 0. The van der Waals surface area contributed by atoms with Crippen molar-refractivity contribution >= 4 is 23.5 Å². The highest BCUT2D eigenvalue weighted by Crippen LogP contribution is 2.58. The molecule has 1 saturated heterocycles. The van der Waals surface area contributed by atoms with Crippen LogP contribution < -0.4 is 22.1 Å². The van der Waals surface area contributed by atoms with Gasteiger partial charge in [0, 0.05) is 37.7 Å². The molecule has 4 rings (SSSR count). The maximum Gasteiger partial charge on any atom is 0.350 e. The molecule has 0 radical (unpaired) electrons. The summed E-state index contributed by atoms with van der Waals surface area (Å²) in [5.74, 6) is -1.10. The normalized spacial score (nSPS) is 25.0. The molecule has 7 N–H and O–H groups in total. The number of Topliss-reactive ketones (excluding diaryl/α,β-unsaturated/α-hetero) is 2. The maximum absolute atomic E-state index is 13.7. The van der Waals surface area contributed by atoms with Gasteiger partial charge in [0.2, 0.25) is 5.78 Å². The average molecular weight is 538 g/mol. The van der Waals surface area contributed by atoms with Crippen LogP contribution in [0.2, 0.25) is 0 Å². The lowest BCUT2D eigenvalue weighted by molar-refractivity contribution is -0.148. The average Bonchev–Trinajstić information content (AvgIpc) is 3.64. The van der Waals surface area contributed by atoms with Gasteiger partial charge >= 0.3 is 5.97 Å². The number of hydrogen-bond acceptors (Lipinski definition) is 9. The van der Waals surface area contributed by atoms with Gasteiger partial charge in [0.1, 0.15) is 0 Å². The van der Waals surface area contributed by atoms with Crippen molar-refractivity contribution < 1.29 is 29.0 Å². The van der Waals surface area contributed by atoms with Gasteiger partial charge in [-0.15, -0.1) is 0 Å². The van der Waals surface area contributed by atoms with Crippen LogP contribution in [0.3, 0.4) is 0 Å². The molecule has 208 valence electrons. The van der Waals surface area contributed by atoms with Crippen molar-refractivity contribution in [3.05, 3.63) is 70.6 Å². The molecular weight excluding hydrogens is 502 g/mol. The van der Waals surface area contributed by atoms with Crippen molar-refractivity contribution in [1.29, 1.82) is 0 Å². The number of unbranched alkanes of at least 4 members (excludes halogenated alkanes) is 1. The monoisotopic (exact) mass is 537 g/mol. The largest absolute Gasteiger partial charge is 0.463 e. The summed E-state index contributed by atoms with van der Waals surface area (Å²) in [6, 6.07) is 6.14. The predicted octanol–water partition coefficient (Wildman–Crippen LogP) is 0.848. The quantitative estimate of drug-likeness (QED) is 0.0516. The van der Waals surface area contributed by atoms with Gasteiger partial charge in [-0.25, -0.2) is 4.79 Å². The molecule has 1 aliphatic carbocycles. The number of nitrogens with zero attached hydrogens (tertiary/aromatic N) is 1. The second-order valence-corrected chi connectivity index (χ2v) is 9.83. The van der Waals surface area contributed by atoms with E-state index in [2.05, 4.69) is 15.6 Å². The van der Waals surface area contributed by atoms with E-state index in [1.165, 1.54) is 6.07 Å². The lowest BCUT2D eigenvalue weighted by atomic mass is 9.72. The summed E-state index contributed by atoms with van der Waals surface area (Å²) in [5, 5.41) is 15.2. The highest BCUT2D eigenvalue weighted by Gasteiger charge is 2.85.